The van der Waals surface area contributed by atoms with E-state index < -0.39 is 5.97 Å². The summed E-state index contributed by atoms with van der Waals surface area (Å²) in [6.45, 7) is 1.77. The molecule has 0 aliphatic heterocycles. The minimum atomic E-state index is -0.922. The highest BCUT2D eigenvalue weighted by Crippen LogP contribution is 2.28. The Morgan fingerprint density at radius 1 is 1.29 bits per heavy atom. The second-order valence-electron chi connectivity index (χ2n) is 3.65. The number of benzene rings is 1. The lowest BCUT2D eigenvalue weighted by atomic mass is 10.0. The van der Waals surface area contributed by atoms with Crippen molar-refractivity contribution >= 4 is 23.6 Å². The maximum atomic E-state index is 10.9. The fraction of sp³-hybridized carbons (Fsp3) is 0.0769. The van der Waals surface area contributed by atoms with Crippen LogP contribution in [0.1, 0.15) is 25.6 Å². The van der Waals surface area contributed by atoms with E-state index in [2.05, 4.69) is 0 Å². The lowest BCUT2D eigenvalue weighted by Crippen LogP contribution is -1.99. The van der Waals surface area contributed by atoms with Crippen LogP contribution in [0.15, 0.2) is 30.3 Å². The number of carboxylic acids is 1. The van der Waals surface area contributed by atoms with Crippen LogP contribution >= 0.6 is 11.3 Å². The Morgan fingerprint density at radius 2 is 2.06 bits per heavy atom. The summed E-state index contributed by atoms with van der Waals surface area (Å²) in [5.74, 6) is -0.922. The summed E-state index contributed by atoms with van der Waals surface area (Å²) in [4.78, 5) is 23.1. The van der Waals surface area contributed by atoms with Crippen LogP contribution in [0.25, 0.3) is 10.4 Å². The van der Waals surface area contributed by atoms with Gasteiger partial charge in [0.25, 0.3) is 0 Å². The number of carboxylic acid groups (broad SMARTS) is 1. The van der Waals surface area contributed by atoms with E-state index in [0.29, 0.717) is 10.4 Å². The van der Waals surface area contributed by atoms with Crippen molar-refractivity contribution in [2.45, 2.75) is 6.92 Å². The molecule has 0 amide bonds. The zero-order valence-electron chi connectivity index (χ0n) is 9.14. The average Bonchev–Trinajstić information content (AvgIpc) is 2.76. The zero-order chi connectivity index (χ0) is 12.4. The molecule has 0 aliphatic rings. The quantitative estimate of drug-likeness (QED) is 0.846. The van der Waals surface area contributed by atoms with Crippen LogP contribution in [0.2, 0.25) is 0 Å². The van der Waals surface area contributed by atoms with Crippen molar-refractivity contribution in [3.05, 3.63) is 46.3 Å². The van der Waals surface area contributed by atoms with Gasteiger partial charge in [0.2, 0.25) is 0 Å². The van der Waals surface area contributed by atoms with Crippen LogP contribution in [-0.2, 0) is 0 Å². The number of carbonyl (C=O) groups excluding carboxylic acids is 1. The molecule has 0 radical (unpaired) electrons. The molecule has 17 heavy (non-hydrogen) atoms. The van der Waals surface area contributed by atoms with Crippen LogP contribution in [0.4, 0.5) is 0 Å². The van der Waals surface area contributed by atoms with Crippen LogP contribution in [0.3, 0.4) is 0 Å². The second-order valence-corrected chi connectivity index (χ2v) is 4.77. The van der Waals surface area contributed by atoms with Gasteiger partial charge in [-0.2, -0.15) is 0 Å². The number of carbonyl (C=O) groups is 2. The van der Waals surface area contributed by atoms with Crippen molar-refractivity contribution < 1.29 is 14.7 Å². The van der Waals surface area contributed by atoms with Crippen LogP contribution in [-0.4, -0.2) is 17.4 Å². The molecule has 0 fully saturated rings. The molecule has 86 valence electrons. The molecule has 0 unspecified atom stereocenters. The van der Waals surface area contributed by atoms with E-state index in [1.807, 2.05) is 12.1 Å². The lowest BCUT2D eigenvalue weighted by molar-refractivity contribution is 0.0696. The minimum absolute atomic E-state index is 0.306. The molecule has 1 N–H and O–H groups in total. The average molecular weight is 246 g/mol. The Kier molecular flexibility index (Phi) is 3.06. The highest BCUT2D eigenvalue weighted by Gasteiger charge is 2.09. The van der Waals surface area contributed by atoms with Gasteiger partial charge in [0.1, 0.15) is 0 Å². The molecule has 1 aromatic carbocycles. The number of aromatic carboxylic acids is 1. The van der Waals surface area contributed by atoms with E-state index in [1.165, 1.54) is 11.3 Å². The van der Waals surface area contributed by atoms with Crippen LogP contribution in [0, 0.1) is 6.92 Å². The van der Waals surface area contributed by atoms with Crippen molar-refractivity contribution in [3.8, 4) is 10.4 Å². The van der Waals surface area contributed by atoms with Gasteiger partial charge < -0.3 is 5.11 Å². The highest BCUT2D eigenvalue weighted by atomic mass is 32.1. The number of aryl methyl sites for hydroxylation is 1. The molecule has 0 atom stereocenters. The topological polar surface area (TPSA) is 54.4 Å². The standard InChI is InChI=1S/C13H10O3S/c1-8-6-9(2-4-11(8)13(15)16)12-5-3-10(7-14)17-12/h2-7H,1H3,(H,15,16). The van der Waals surface area contributed by atoms with Gasteiger partial charge >= 0.3 is 5.97 Å². The van der Waals surface area contributed by atoms with Gasteiger partial charge in [0.05, 0.1) is 10.4 Å². The fourth-order valence-electron chi connectivity index (χ4n) is 1.63. The number of hydrogen-bond donors (Lipinski definition) is 1. The van der Waals surface area contributed by atoms with Crippen LogP contribution < -0.4 is 0 Å². The number of aldehydes is 1. The van der Waals surface area contributed by atoms with E-state index in [9.17, 15) is 9.59 Å². The predicted octanol–water partition coefficient (Wildman–Crippen LogP) is 3.23. The molecular formula is C13H10O3S. The Labute approximate surface area is 102 Å². The third kappa shape index (κ3) is 2.26. The number of hydrogen-bond acceptors (Lipinski definition) is 3. The van der Waals surface area contributed by atoms with Gasteiger partial charge in [0, 0.05) is 4.88 Å². The third-order valence-corrected chi connectivity index (χ3v) is 3.54. The van der Waals surface area contributed by atoms with E-state index in [1.54, 1.807) is 25.1 Å². The maximum Gasteiger partial charge on any atom is 0.335 e. The molecule has 0 spiro atoms. The van der Waals surface area contributed by atoms with Crippen LogP contribution in [0.5, 0.6) is 0 Å². The summed E-state index contributed by atoms with van der Waals surface area (Å²) in [5, 5.41) is 8.93. The van der Waals surface area contributed by atoms with Crippen molar-refractivity contribution in [2.24, 2.45) is 0 Å². The molecule has 3 nitrogen and oxygen atoms in total. The first kappa shape index (κ1) is 11.5. The molecule has 2 aromatic rings. The monoisotopic (exact) mass is 246 g/mol. The largest absolute Gasteiger partial charge is 0.478 e. The summed E-state index contributed by atoms with van der Waals surface area (Å²) < 4.78 is 0. The molecule has 1 heterocycles. The van der Waals surface area contributed by atoms with Crippen molar-refractivity contribution in [3.63, 3.8) is 0 Å². The summed E-state index contributed by atoms with van der Waals surface area (Å²) in [6, 6.07) is 8.80. The predicted molar refractivity (Wildman–Crippen MR) is 66.8 cm³/mol. The SMILES string of the molecule is Cc1cc(-c2ccc(C=O)s2)ccc1C(=O)O. The Bertz CT molecular complexity index is 584. The summed E-state index contributed by atoms with van der Waals surface area (Å²) >= 11 is 1.39. The first-order chi connectivity index (χ1) is 8.11. The Balaban J connectivity index is 2.43. The number of thiophene rings is 1. The van der Waals surface area contributed by atoms with Gasteiger partial charge in [-0.25, -0.2) is 4.79 Å². The van der Waals surface area contributed by atoms with Gasteiger partial charge in [0.15, 0.2) is 6.29 Å². The van der Waals surface area contributed by atoms with E-state index in [0.717, 1.165) is 22.3 Å². The number of rotatable bonds is 3. The van der Waals surface area contributed by atoms with E-state index >= 15 is 0 Å². The molecule has 4 heteroatoms. The normalized spacial score (nSPS) is 10.2. The third-order valence-electron chi connectivity index (χ3n) is 2.48. The summed E-state index contributed by atoms with van der Waals surface area (Å²) in [5.41, 5.74) is 1.96. The van der Waals surface area contributed by atoms with Crippen molar-refractivity contribution in [1.29, 1.82) is 0 Å². The molecule has 0 saturated heterocycles. The molecule has 1 aromatic heterocycles. The van der Waals surface area contributed by atoms with Gasteiger partial charge in [-0.3, -0.25) is 4.79 Å². The van der Waals surface area contributed by atoms with Gasteiger partial charge in [-0.05, 0) is 42.3 Å². The molecule has 0 aliphatic carbocycles. The second kappa shape index (κ2) is 4.51. The maximum absolute atomic E-state index is 10.9. The zero-order valence-corrected chi connectivity index (χ0v) is 9.95. The Hall–Kier alpha value is -1.94. The van der Waals surface area contributed by atoms with E-state index in [-0.39, 0.29) is 0 Å². The first-order valence-corrected chi connectivity index (χ1v) is 5.83. The highest BCUT2D eigenvalue weighted by molar-refractivity contribution is 7.17. The van der Waals surface area contributed by atoms with E-state index in [4.69, 9.17) is 5.11 Å². The smallest absolute Gasteiger partial charge is 0.335 e. The molecular weight excluding hydrogens is 236 g/mol. The van der Waals surface area contributed by atoms with Crippen molar-refractivity contribution in [1.82, 2.24) is 0 Å². The van der Waals surface area contributed by atoms with Crippen molar-refractivity contribution in [2.75, 3.05) is 0 Å². The summed E-state index contributed by atoms with van der Waals surface area (Å²) in [6.07, 6.45) is 0.812. The fourth-order valence-corrected chi connectivity index (χ4v) is 2.45. The Morgan fingerprint density at radius 3 is 2.59 bits per heavy atom. The molecule has 2 rings (SSSR count). The molecule has 0 saturated carbocycles. The molecule has 0 bridgehead atoms. The first-order valence-electron chi connectivity index (χ1n) is 5.01. The lowest BCUT2D eigenvalue weighted by Gasteiger charge is -2.03. The van der Waals surface area contributed by atoms with Gasteiger partial charge in [-0.15, -0.1) is 11.3 Å². The summed E-state index contributed by atoms with van der Waals surface area (Å²) in [7, 11) is 0. The van der Waals surface area contributed by atoms with Gasteiger partial charge in [-0.1, -0.05) is 6.07 Å². The minimum Gasteiger partial charge on any atom is -0.478 e.